The molecule has 1 amide bonds. The second-order valence-electron chi connectivity index (χ2n) is 6.83. The molecule has 0 bridgehead atoms. The molecule has 18 heavy (non-hydrogen) atoms. The number of amides is 1. The first-order valence-electron chi connectivity index (χ1n) is 6.90. The van der Waals surface area contributed by atoms with Gasteiger partial charge in [-0.1, -0.05) is 0 Å². The summed E-state index contributed by atoms with van der Waals surface area (Å²) in [6.07, 6.45) is 2.43. The first-order valence-corrected chi connectivity index (χ1v) is 6.90. The van der Waals surface area contributed by atoms with Crippen LogP contribution in [0.2, 0.25) is 0 Å². The second-order valence-corrected chi connectivity index (χ2v) is 6.83. The summed E-state index contributed by atoms with van der Waals surface area (Å²) < 4.78 is 0. The van der Waals surface area contributed by atoms with E-state index < -0.39 is 11.0 Å². The standard InChI is InChI=1S/C14H29N3O/c1-13(2,14(3,4)15)12(18)16-9-11-7-6-8-17(5)10-11/h11H,6-10,15H2,1-5H3,(H,16,18). The van der Waals surface area contributed by atoms with E-state index in [0.717, 1.165) is 13.1 Å². The number of nitrogens with one attached hydrogen (secondary N) is 1. The van der Waals surface area contributed by atoms with Crippen molar-refractivity contribution in [3.8, 4) is 0 Å². The SMILES string of the molecule is CN1CCCC(CNC(=O)C(C)(C)C(C)(C)N)C1. The van der Waals surface area contributed by atoms with E-state index >= 15 is 0 Å². The van der Waals surface area contributed by atoms with Gasteiger partial charge in [-0.2, -0.15) is 0 Å². The zero-order valence-electron chi connectivity index (χ0n) is 12.5. The zero-order chi connectivity index (χ0) is 14.0. The van der Waals surface area contributed by atoms with Crippen LogP contribution in [0.15, 0.2) is 0 Å². The van der Waals surface area contributed by atoms with Crippen molar-refractivity contribution in [2.45, 2.75) is 46.1 Å². The van der Waals surface area contributed by atoms with Gasteiger partial charge >= 0.3 is 0 Å². The molecule has 0 aliphatic carbocycles. The lowest BCUT2D eigenvalue weighted by Gasteiger charge is -2.38. The highest BCUT2D eigenvalue weighted by Gasteiger charge is 2.40. The summed E-state index contributed by atoms with van der Waals surface area (Å²) in [6, 6.07) is 0. The monoisotopic (exact) mass is 255 g/mol. The molecule has 1 aliphatic heterocycles. The lowest BCUT2D eigenvalue weighted by molar-refractivity contribution is -0.132. The Hall–Kier alpha value is -0.610. The molecule has 3 N–H and O–H groups in total. The van der Waals surface area contributed by atoms with E-state index in [4.69, 9.17) is 5.73 Å². The van der Waals surface area contributed by atoms with Crippen molar-refractivity contribution in [1.29, 1.82) is 0 Å². The highest BCUT2D eigenvalue weighted by molar-refractivity contribution is 5.83. The maximum Gasteiger partial charge on any atom is 0.227 e. The normalized spacial score (nSPS) is 22.9. The van der Waals surface area contributed by atoms with Gasteiger partial charge in [0.2, 0.25) is 5.91 Å². The maximum absolute atomic E-state index is 12.2. The molecule has 1 saturated heterocycles. The van der Waals surface area contributed by atoms with Gasteiger partial charge in [0, 0.05) is 18.6 Å². The van der Waals surface area contributed by atoms with Crippen LogP contribution in [0.3, 0.4) is 0 Å². The fourth-order valence-electron chi connectivity index (χ4n) is 2.19. The Morgan fingerprint density at radius 3 is 2.50 bits per heavy atom. The van der Waals surface area contributed by atoms with E-state index in [9.17, 15) is 4.79 Å². The van der Waals surface area contributed by atoms with Gasteiger partial charge in [0.05, 0.1) is 5.41 Å². The van der Waals surface area contributed by atoms with Crippen molar-refractivity contribution < 1.29 is 4.79 Å². The fraction of sp³-hybridized carbons (Fsp3) is 0.929. The summed E-state index contributed by atoms with van der Waals surface area (Å²) in [4.78, 5) is 14.6. The van der Waals surface area contributed by atoms with Gasteiger partial charge in [0.15, 0.2) is 0 Å². The molecule has 1 aliphatic rings. The number of rotatable bonds is 4. The lowest BCUT2D eigenvalue weighted by atomic mass is 9.74. The van der Waals surface area contributed by atoms with E-state index in [2.05, 4.69) is 17.3 Å². The summed E-state index contributed by atoms with van der Waals surface area (Å²) in [5, 5.41) is 3.07. The van der Waals surface area contributed by atoms with Crippen LogP contribution in [-0.2, 0) is 4.79 Å². The molecular weight excluding hydrogens is 226 g/mol. The Morgan fingerprint density at radius 1 is 1.39 bits per heavy atom. The van der Waals surface area contributed by atoms with E-state index in [1.165, 1.54) is 19.4 Å². The molecular formula is C14H29N3O. The van der Waals surface area contributed by atoms with Crippen LogP contribution in [0.5, 0.6) is 0 Å². The van der Waals surface area contributed by atoms with Crippen molar-refractivity contribution in [2.75, 3.05) is 26.7 Å². The minimum absolute atomic E-state index is 0.0585. The molecule has 4 heteroatoms. The minimum atomic E-state index is -0.548. The van der Waals surface area contributed by atoms with E-state index in [0.29, 0.717) is 5.92 Å². The summed E-state index contributed by atoms with van der Waals surface area (Å²) in [7, 11) is 2.14. The van der Waals surface area contributed by atoms with E-state index in [1.807, 2.05) is 27.7 Å². The van der Waals surface area contributed by atoms with Crippen LogP contribution in [0.25, 0.3) is 0 Å². The first kappa shape index (κ1) is 15.4. The molecule has 1 unspecified atom stereocenters. The number of hydrogen-bond donors (Lipinski definition) is 2. The molecule has 106 valence electrons. The first-order chi connectivity index (χ1) is 8.14. The van der Waals surface area contributed by atoms with Gasteiger partial charge < -0.3 is 16.0 Å². The Balaban J connectivity index is 2.46. The van der Waals surface area contributed by atoms with Crippen LogP contribution in [-0.4, -0.2) is 43.0 Å². The van der Waals surface area contributed by atoms with Crippen molar-refractivity contribution >= 4 is 5.91 Å². The number of piperidine rings is 1. The Labute approximate surface area is 111 Å². The Kier molecular flexibility index (Phi) is 4.78. The Morgan fingerprint density at radius 2 is 2.00 bits per heavy atom. The van der Waals surface area contributed by atoms with Crippen LogP contribution in [0.1, 0.15) is 40.5 Å². The average molecular weight is 255 g/mol. The summed E-state index contributed by atoms with van der Waals surface area (Å²) in [5.74, 6) is 0.632. The van der Waals surface area contributed by atoms with Gasteiger partial charge in [-0.25, -0.2) is 0 Å². The van der Waals surface area contributed by atoms with Crippen molar-refractivity contribution in [2.24, 2.45) is 17.1 Å². The summed E-state index contributed by atoms with van der Waals surface area (Å²) >= 11 is 0. The number of likely N-dealkylation sites (tertiary alicyclic amines) is 1. The fourth-order valence-corrected chi connectivity index (χ4v) is 2.19. The van der Waals surface area contributed by atoms with E-state index in [-0.39, 0.29) is 5.91 Å². The highest BCUT2D eigenvalue weighted by Crippen LogP contribution is 2.28. The number of hydrogen-bond acceptors (Lipinski definition) is 3. The van der Waals surface area contributed by atoms with Crippen LogP contribution in [0, 0.1) is 11.3 Å². The lowest BCUT2D eigenvalue weighted by Crippen LogP contribution is -2.56. The second kappa shape index (κ2) is 5.57. The van der Waals surface area contributed by atoms with Gasteiger partial charge in [-0.15, -0.1) is 0 Å². The molecule has 0 saturated carbocycles. The summed E-state index contributed by atoms with van der Waals surface area (Å²) in [6.45, 7) is 10.6. The molecule has 0 radical (unpaired) electrons. The third-order valence-corrected chi connectivity index (χ3v) is 4.45. The van der Waals surface area contributed by atoms with Crippen LogP contribution < -0.4 is 11.1 Å². The molecule has 0 aromatic carbocycles. The number of nitrogens with two attached hydrogens (primary N) is 1. The molecule has 1 fully saturated rings. The number of carbonyl (C=O) groups is 1. The maximum atomic E-state index is 12.2. The molecule has 0 aromatic heterocycles. The predicted octanol–water partition coefficient (Wildman–Crippen LogP) is 1.21. The van der Waals surface area contributed by atoms with Gasteiger partial charge in [0.25, 0.3) is 0 Å². The quantitative estimate of drug-likeness (QED) is 0.794. The Bertz CT molecular complexity index is 294. The molecule has 4 nitrogen and oxygen atoms in total. The topological polar surface area (TPSA) is 58.4 Å². The molecule has 0 spiro atoms. The average Bonchev–Trinajstić information content (AvgIpc) is 2.24. The number of nitrogens with zero attached hydrogens (tertiary/aromatic N) is 1. The van der Waals surface area contributed by atoms with Crippen molar-refractivity contribution in [1.82, 2.24) is 10.2 Å². The molecule has 1 heterocycles. The largest absolute Gasteiger partial charge is 0.355 e. The smallest absolute Gasteiger partial charge is 0.227 e. The van der Waals surface area contributed by atoms with E-state index in [1.54, 1.807) is 0 Å². The minimum Gasteiger partial charge on any atom is -0.355 e. The molecule has 1 rings (SSSR count). The summed E-state index contributed by atoms with van der Waals surface area (Å²) in [5.41, 5.74) is 5.01. The zero-order valence-corrected chi connectivity index (χ0v) is 12.5. The van der Waals surface area contributed by atoms with Gasteiger partial charge in [-0.3, -0.25) is 4.79 Å². The third-order valence-electron chi connectivity index (χ3n) is 4.45. The molecule has 1 atom stereocenters. The van der Waals surface area contributed by atoms with Crippen molar-refractivity contribution in [3.63, 3.8) is 0 Å². The van der Waals surface area contributed by atoms with Gasteiger partial charge in [-0.05, 0) is 60.0 Å². The predicted molar refractivity (Wildman–Crippen MR) is 75.3 cm³/mol. The highest BCUT2D eigenvalue weighted by atomic mass is 16.2. The van der Waals surface area contributed by atoms with Crippen molar-refractivity contribution in [3.05, 3.63) is 0 Å². The third kappa shape index (κ3) is 3.69. The van der Waals surface area contributed by atoms with Crippen LogP contribution in [0.4, 0.5) is 0 Å². The van der Waals surface area contributed by atoms with Gasteiger partial charge in [0.1, 0.15) is 0 Å². The molecule has 0 aromatic rings. The number of carbonyl (C=O) groups excluding carboxylic acids is 1. The van der Waals surface area contributed by atoms with Crippen LogP contribution >= 0.6 is 0 Å².